The van der Waals surface area contributed by atoms with E-state index in [9.17, 15) is 14.4 Å². The molecular weight excluding hydrogens is 440 g/mol. The molecule has 1 fully saturated rings. The number of amides is 2. The van der Waals surface area contributed by atoms with Crippen molar-refractivity contribution in [1.29, 1.82) is 0 Å². The normalized spacial score (nSPS) is 22.9. The maximum absolute atomic E-state index is 13.2. The van der Waals surface area contributed by atoms with Crippen molar-refractivity contribution >= 4 is 37.4 Å². The van der Waals surface area contributed by atoms with Gasteiger partial charge >= 0.3 is 5.97 Å². The molecule has 3 atom stereocenters. The van der Waals surface area contributed by atoms with Crippen LogP contribution in [0.2, 0.25) is 19.6 Å². The second kappa shape index (κ2) is 8.46. The van der Waals surface area contributed by atoms with E-state index in [-0.39, 0.29) is 48.8 Å². The smallest absolute Gasteiger partial charge is 0.355 e. The SMILES string of the molecule is C=CCOC(=O)C1=C(c2ccc3c(c2)N(C)C(=O)CO3)C[C@@H]2[C@@H]([C@@H](C)O[Si](C)(C)C)C(=O)N12. The Kier molecular flexibility index (Phi) is 5.96. The highest BCUT2D eigenvalue weighted by Crippen LogP contribution is 2.49. The summed E-state index contributed by atoms with van der Waals surface area (Å²) >= 11 is 0. The minimum absolute atomic E-state index is 0.00825. The fourth-order valence-corrected chi connectivity index (χ4v) is 6.06. The number of benzene rings is 1. The average molecular weight is 471 g/mol. The van der Waals surface area contributed by atoms with Crippen molar-refractivity contribution in [3.63, 3.8) is 0 Å². The zero-order valence-electron chi connectivity index (χ0n) is 19.7. The molecular formula is C24H30N2O6Si. The number of β-lactam (4-membered cyclic amide) rings is 1. The largest absolute Gasteiger partial charge is 0.482 e. The molecule has 4 rings (SSSR count). The van der Waals surface area contributed by atoms with Gasteiger partial charge in [0.25, 0.3) is 5.91 Å². The molecule has 3 aliphatic heterocycles. The molecule has 0 N–H and O–H groups in total. The van der Waals surface area contributed by atoms with E-state index >= 15 is 0 Å². The van der Waals surface area contributed by atoms with Gasteiger partial charge in [-0.1, -0.05) is 18.7 Å². The van der Waals surface area contributed by atoms with Gasteiger partial charge in [0.15, 0.2) is 14.9 Å². The summed E-state index contributed by atoms with van der Waals surface area (Å²) in [6.07, 6.45) is 1.76. The van der Waals surface area contributed by atoms with Gasteiger partial charge in [0.05, 0.1) is 23.8 Å². The first kappa shape index (κ1) is 23.3. The molecule has 3 heterocycles. The zero-order valence-corrected chi connectivity index (χ0v) is 20.7. The third-order valence-electron chi connectivity index (χ3n) is 6.17. The van der Waals surface area contributed by atoms with Crippen LogP contribution in [0.4, 0.5) is 5.69 Å². The van der Waals surface area contributed by atoms with Crippen molar-refractivity contribution in [1.82, 2.24) is 4.90 Å². The number of carbonyl (C=O) groups is 3. The number of carbonyl (C=O) groups excluding carboxylic acids is 3. The van der Waals surface area contributed by atoms with E-state index in [0.717, 1.165) is 11.1 Å². The van der Waals surface area contributed by atoms with Gasteiger partial charge in [-0.2, -0.15) is 0 Å². The molecule has 0 aliphatic carbocycles. The molecule has 2 amide bonds. The van der Waals surface area contributed by atoms with Gasteiger partial charge in [0.1, 0.15) is 18.1 Å². The van der Waals surface area contributed by atoms with Crippen LogP contribution in [0.25, 0.3) is 5.57 Å². The standard InChI is InChI=1S/C24H30N2O6Si/c1-7-10-30-24(29)22-16(15-8-9-19-17(11-15)25(3)20(27)13-31-19)12-18-21(23(28)26(18)22)14(2)32-33(4,5)6/h7-9,11,14,18,21H,1,10,12-13H2,2-6H3/t14-,18-,21-/m1/s1. The van der Waals surface area contributed by atoms with Gasteiger partial charge in [-0.3, -0.25) is 9.59 Å². The molecule has 176 valence electrons. The van der Waals surface area contributed by atoms with Crippen molar-refractivity contribution in [2.45, 2.75) is 45.1 Å². The number of fused-ring (bicyclic) bond motifs is 2. The van der Waals surface area contributed by atoms with Crippen LogP contribution in [-0.2, 0) is 23.5 Å². The van der Waals surface area contributed by atoms with Crippen LogP contribution in [-0.4, -0.2) is 63.4 Å². The predicted octanol–water partition coefficient (Wildman–Crippen LogP) is 2.95. The topological polar surface area (TPSA) is 85.4 Å². The lowest BCUT2D eigenvalue weighted by molar-refractivity contribution is -0.161. The molecule has 0 saturated carbocycles. The molecule has 0 bridgehead atoms. The Morgan fingerprint density at radius 1 is 1.33 bits per heavy atom. The van der Waals surface area contributed by atoms with Gasteiger partial charge in [-0.15, -0.1) is 0 Å². The molecule has 0 aromatic heterocycles. The zero-order chi connectivity index (χ0) is 24.1. The maximum Gasteiger partial charge on any atom is 0.355 e. The lowest BCUT2D eigenvalue weighted by Crippen LogP contribution is -2.63. The van der Waals surface area contributed by atoms with Crippen LogP contribution in [0.1, 0.15) is 18.9 Å². The van der Waals surface area contributed by atoms with Crippen LogP contribution in [0.3, 0.4) is 0 Å². The van der Waals surface area contributed by atoms with Crippen molar-refractivity contribution < 1.29 is 28.3 Å². The van der Waals surface area contributed by atoms with E-state index in [2.05, 4.69) is 26.2 Å². The van der Waals surface area contributed by atoms with Gasteiger partial charge in [-0.25, -0.2) is 4.79 Å². The van der Waals surface area contributed by atoms with Crippen molar-refractivity contribution in [2.24, 2.45) is 5.92 Å². The maximum atomic E-state index is 13.2. The lowest BCUT2D eigenvalue weighted by Gasteiger charge is -2.47. The van der Waals surface area contributed by atoms with Gasteiger partial charge in [0, 0.05) is 7.05 Å². The van der Waals surface area contributed by atoms with E-state index in [0.29, 0.717) is 17.9 Å². The van der Waals surface area contributed by atoms with Gasteiger partial charge in [0.2, 0.25) is 5.91 Å². The van der Waals surface area contributed by atoms with E-state index in [1.807, 2.05) is 19.1 Å². The fraction of sp³-hybridized carbons (Fsp3) is 0.458. The molecule has 1 aromatic rings. The third-order valence-corrected chi connectivity index (χ3v) is 7.25. The number of hydrogen-bond acceptors (Lipinski definition) is 6. The molecule has 0 unspecified atom stereocenters. The summed E-state index contributed by atoms with van der Waals surface area (Å²) in [6.45, 7) is 11.8. The van der Waals surface area contributed by atoms with Gasteiger partial charge < -0.3 is 23.7 Å². The van der Waals surface area contributed by atoms with E-state index < -0.39 is 14.3 Å². The molecule has 0 radical (unpaired) electrons. The number of rotatable bonds is 7. The monoisotopic (exact) mass is 470 g/mol. The quantitative estimate of drug-likeness (QED) is 0.264. The van der Waals surface area contributed by atoms with E-state index in [4.69, 9.17) is 13.9 Å². The first-order valence-corrected chi connectivity index (χ1v) is 14.5. The van der Waals surface area contributed by atoms with Crippen molar-refractivity contribution in [3.05, 3.63) is 42.1 Å². The first-order valence-electron chi connectivity index (χ1n) is 11.1. The summed E-state index contributed by atoms with van der Waals surface area (Å²) in [6, 6.07) is 5.30. The second-order valence-electron chi connectivity index (χ2n) is 9.58. The summed E-state index contributed by atoms with van der Waals surface area (Å²) in [7, 11) is -0.153. The Morgan fingerprint density at radius 3 is 2.73 bits per heavy atom. The third kappa shape index (κ3) is 4.11. The van der Waals surface area contributed by atoms with Gasteiger partial charge in [-0.05, 0) is 56.3 Å². The number of ether oxygens (including phenoxy) is 2. The van der Waals surface area contributed by atoms with Crippen LogP contribution >= 0.6 is 0 Å². The molecule has 3 aliphatic rings. The molecule has 1 aromatic carbocycles. The molecule has 8 nitrogen and oxygen atoms in total. The Balaban J connectivity index is 1.71. The lowest BCUT2D eigenvalue weighted by atomic mass is 9.82. The minimum atomic E-state index is -1.85. The molecule has 9 heteroatoms. The predicted molar refractivity (Wildman–Crippen MR) is 126 cm³/mol. The Bertz CT molecular complexity index is 1060. The van der Waals surface area contributed by atoms with Crippen LogP contribution in [0.15, 0.2) is 36.6 Å². The summed E-state index contributed by atoms with van der Waals surface area (Å²) in [5.41, 5.74) is 2.36. The summed E-state index contributed by atoms with van der Waals surface area (Å²) < 4.78 is 17.1. The average Bonchev–Trinajstić information content (AvgIpc) is 3.08. The molecule has 33 heavy (non-hydrogen) atoms. The number of likely N-dealkylation sites (N-methyl/N-ethyl adjacent to an activating group) is 1. The summed E-state index contributed by atoms with van der Waals surface area (Å²) in [4.78, 5) is 41.4. The summed E-state index contributed by atoms with van der Waals surface area (Å²) in [5, 5.41) is 0. The van der Waals surface area contributed by atoms with Crippen molar-refractivity contribution in [2.75, 3.05) is 25.2 Å². The number of nitrogens with zero attached hydrogens (tertiary/aromatic N) is 2. The number of esters is 1. The number of anilines is 1. The molecule has 1 saturated heterocycles. The van der Waals surface area contributed by atoms with Crippen LogP contribution < -0.4 is 9.64 Å². The highest BCUT2D eigenvalue weighted by molar-refractivity contribution is 6.69. The van der Waals surface area contributed by atoms with Crippen LogP contribution in [0, 0.1) is 5.92 Å². The minimum Gasteiger partial charge on any atom is -0.482 e. The van der Waals surface area contributed by atoms with Crippen molar-refractivity contribution in [3.8, 4) is 5.75 Å². The highest BCUT2D eigenvalue weighted by atomic mass is 28.4. The Hall–Kier alpha value is -2.91. The second-order valence-corrected chi connectivity index (χ2v) is 14.0. The fourth-order valence-electron chi connectivity index (χ4n) is 4.80. The number of hydrogen-bond donors (Lipinski definition) is 0. The van der Waals surface area contributed by atoms with E-state index in [1.165, 1.54) is 6.08 Å². The first-order chi connectivity index (χ1) is 15.5. The summed E-state index contributed by atoms with van der Waals surface area (Å²) in [5.74, 6) is -0.551. The Morgan fingerprint density at radius 2 is 2.06 bits per heavy atom. The highest BCUT2D eigenvalue weighted by Gasteiger charge is 2.57. The molecule has 0 spiro atoms. The Labute approximate surface area is 194 Å². The van der Waals surface area contributed by atoms with E-state index in [1.54, 1.807) is 22.9 Å². The van der Waals surface area contributed by atoms with Crippen LogP contribution in [0.5, 0.6) is 5.75 Å².